The van der Waals surface area contributed by atoms with Crippen LogP contribution < -0.4 is 9.64 Å². The number of carbonyl (C=O) groups is 1. The number of pyridine rings is 1. The van der Waals surface area contributed by atoms with Crippen molar-refractivity contribution in [2.45, 2.75) is 63.4 Å². The van der Waals surface area contributed by atoms with Gasteiger partial charge in [0.15, 0.2) is 5.82 Å². The minimum Gasteiger partial charge on any atom is -0.461 e. The van der Waals surface area contributed by atoms with Crippen molar-refractivity contribution in [2.24, 2.45) is 0 Å². The molecule has 0 radical (unpaired) electrons. The van der Waals surface area contributed by atoms with Crippen LogP contribution in [0.1, 0.15) is 45.6 Å². The van der Waals surface area contributed by atoms with E-state index in [1.54, 1.807) is 49.9 Å². The first-order chi connectivity index (χ1) is 24.4. The molecule has 3 aliphatic heterocycles. The summed E-state index contributed by atoms with van der Waals surface area (Å²) < 4.78 is 58.3. The summed E-state index contributed by atoms with van der Waals surface area (Å²) in [4.78, 5) is 36.0. The highest BCUT2D eigenvalue weighted by Crippen LogP contribution is 2.41. The molecule has 2 aromatic carbocycles. The zero-order valence-electron chi connectivity index (χ0n) is 28.8. The van der Waals surface area contributed by atoms with Crippen LogP contribution in [0.5, 0.6) is 6.01 Å². The van der Waals surface area contributed by atoms with E-state index in [0.29, 0.717) is 35.1 Å². The minimum atomic E-state index is -0.966. The summed E-state index contributed by atoms with van der Waals surface area (Å²) in [5, 5.41) is 1.25. The van der Waals surface area contributed by atoms with Gasteiger partial charge in [-0.05, 0) is 51.6 Å². The normalized spacial score (nSPS) is 22.2. The van der Waals surface area contributed by atoms with E-state index in [-0.39, 0.29) is 61.0 Å². The summed E-state index contributed by atoms with van der Waals surface area (Å²) in [5.41, 5.74) is -1.09. The smallest absolute Gasteiger partial charge is 0.410 e. The van der Waals surface area contributed by atoms with Crippen molar-refractivity contribution < 1.29 is 27.4 Å². The Morgan fingerprint density at radius 3 is 2.75 bits per heavy atom. The molecule has 0 unspecified atom stereocenters. The van der Waals surface area contributed by atoms with Gasteiger partial charge in [0.1, 0.15) is 47.3 Å². The summed E-state index contributed by atoms with van der Waals surface area (Å²) >= 11 is 0. The lowest BCUT2D eigenvalue weighted by Crippen LogP contribution is -2.57. The van der Waals surface area contributed by atoms with Crippen molar-refractivity contribution in [1.29, 1.82) is 0 Å². The molecule has 1 amide bonds. The van der Waals surface area contributed by atoms with Crippen LogP contribution in [-0.2, 0) is 4.74 Å². The van der Waals surface area contributed by atoms with Gasteiger partial charge >= 0.3 is 12.1 Å². The molecule has 0 spiro atoms. The summed E-state index contributed by atoms with van der Waals surface area (Å²) in [6, 6.07) is 7.32. The Hall–Kier alpha value is -5.14. The second kappa shape index (κ2) is 13.2. The number of nitrogens with zero attached hydrogens (tertiary/aromatic N) is 7. The third-order valence-electron chi connectivity index (χ3n) is 9.98. The average molecular weight is 698 g/mol. The van der Waals surface area contributed by atoms with E-state index in [0.717, 1.165) is 19.4 Å². The predicted molar refractivity (Wildman–Crippen MR) is 187 cm³/mol. The molecule has 2 aromatic heterocycles. The molecule has 0 bridgehead atoms. The number of alkyl halides is 1. The minimum absolute atomic E-state index is 0.00592. The number of terminal acetylenes is 1. The van der Waals surface area contributed by atoms with Crippen molar-refractivity contribution in [1.82, 2.24) is 24.8 Å². The zero-order chi connectivity index (χ0) is 36.1. The Morgan fingerprint density at radius 1 is 1.16 bits per heavy atom. The fourth-order valence-electron chi connectivity index (χ4n) is 7.73. The first-order valence-electron chi connectivity index (χ1n) is 17.1. The van der Waals surface area contributed by atoms with E-state index < -0.39 is 41.1 Å². The third-order valence-corrected chi connectivity index (χ3v) is 9.98. The molecule has 5 heterocycles. The molecular weight excluding hydrogens is 659 g/mol. The van der Waals surface area contributed by atoms with Gasteiger partial charge in [-0.2, -0.15) is 9.97 Å². The first kappa shape index (κ1) is 34.3. The van der Waals surface area contributed by atoms with Crippen LogP contribution >= 0.6 is 0 Å². The quantitative estimate of drug-likeness (QED) is 0.169. The molecule has 0 N–H and O–H groups in total. The molecule has 3 saturated heterocycles. The van der Waals surface area contributed by atoms with E-state index in [2.05, 4.69) is 25.6 Å². The number of hydrogen-bond donors (Lipinski definition) is 0. The van der Waals surface area contributed by atoms with Crippen LogP contribution in [0.25, 0.3) is 37.8 Å². The summed E-state index contributed by atoms with van der Waals surface area (Å²) in [6.45, 7) is 14.9. The summed E-state index contributed by atoms with van der Waals surface area (Å²) in [7, 11) is 0. The standard InChI is InChI=1S/C38H38F3N7O3/c1-6-26-29(40)12-11-23-9-7-10-27(30(23)26)32-31(41)33-28(19-43-32)34(45-35(44-33)50-22-38-13-8-14-47(38)20-24(39)17-38)46-15-16-48(25(21-46)18-42-5)36(49)51-37(2,3)4/h1,7,9-12,19,24-25H,8,13-18,20-22H2,2-4H3/t24-,25+,38+/m1/s1. The third kappa shape index (κ3) is 6.36. The number of benzene rings is 2. The van der Waals surface area contributed by atoms with Crippen molar-refractivity contribution in [3.8, 4) is 29.6 Å². The van der Waals surface area contributed by atoms with Crippen molar-refractivity contribution in [3.63, 3.8) is 0 Å². The second-order valence-electron chi connectivity index (χ2n) is 14.5. The molecular formula is C38H38F3N7O3. The number of ether oxygens (including phenoxy) is 2. The van der Waals surface area contributed by atoms with Gasteiger partial charge in [0, 0.05) is 49.7 Å². The van der Waals surface area contributed by atoms with Crippen LogP contribution in [0.15, 0.2) is 36.5 Å². The van der Waals surface area contributed by atoms with Crippen LogP contribution in [0.3, 0.4) is 0 Å². The van der Waals surface area contributed by atoms with Gasteiger partial charge in [0.25, 0.3) is 0 Å². The Balaban J connectivity index is 1.32. The molecule has 13 heteroatoms. The zero-order valence-corrected chi connectivity index (χ0v) is 28.8. The van der Waals surface area contributed by atoms with Gasteiger partial charge in [0.05, 0.1) is 16.5 Å². The molecule has 51 heavy (non-hydrogen) atoms. The van der Waals surface area contributed by atoms with Gasteiger partial charge in [0.2, 0.25) is 6.54 Å². The number of aromatic nitrogens is 3. The summed E-state index contributed by atoms with van der Waals surface area (Å²) in [5.74, 6) is 1.33. The monoisotopic (exact) mass is 697 g/mol. The molecule has 4 aromatic rings. The van der Waals surface area contributed by atoms with Crippen molar-refractivity contribution in [2.75, 3.05) is 50.8 Å². The predicted octanol–water partition coefficient (Wildman–Crippen LogP) is 6.40. The number of rotatable bonds is 6. The molecule has 264 valence electrons. The van der Waals surface area contributed by atoms with Gasteiger partial charge in [-0.3, -0.25) is 14.8 Å². The van der Waals surface area contributed by atoms with Crippen LogP contribution in [0, 0.1) is 30.6 Å². The molecule has 7 rings (SSSR count). The highest BCUT2D eigenvalue weighted by atomic mass is 19.1. The lowest BCUT2D eigenvalue weighted by Gasteiger charge is -2.40. The number of anilines is 1. The van der Waals surface area contributed by atoms with Crippen LogP contribution in [0.4, 0.5) is 23.8 Å². The van der Waals surface area contributed by atoms with Crippen molar-refractivity contribution in [3.05, 3.63) is 65.1 Å². The Morgan fingerprint density at radius 2 is 1.98 bits per heavy atom. The van der Waals surface area contributed by atoms with Gasteiger partial charge in [-0.15, -0.1) is 6.42 Å². The Bertz CT molecular complexity index is 2110. The molecule has 0 aliphatic carbocycles. The van der Waals surface area contributed by atoms with Gasteiger partial charge < -0.3 is 19.2 Å². The van der Waals surface area contributed by atoms with Gasteiger partial charge in [-0.1, -0.05) is 30.2 Å². The van der Waals surface area contributed by atoms with E-state index in [4.69, 9.17) is 27.5 Å². The lowest BCUT2D eigenvalue weighted by molar-refractivity contribution is 0.0155. The number of fused-ring (bicyclic) bond motifs is 3. The maximum atomic E-state index is 16.9. The number of halogens is 3. The van der Waals surface area contributed by atoms with E-state index >= 15 is 4.39 Å². The maximum Gasteiger partial charge on any atom is 0.410 e. The SMILES string of the molecule is [C-]#[N+]C[C@H]1CN(c2nc(OC[C@@]34CCCN3C[C@H](F)C4)nc3c(F)c(-c4cccc5ccc(F)c(C#C)c45)ncc23)CCN1C(=O)OC(C)(C)C. The van der Waals surface area contributed by atoms with Crippen LogP contribution in [-0.4, -0.2) is 100 Å². The first-order valence-corrected chi connectivity index (χ1v) is 17.1. The fraction of sp³-hybridized carbons (Fsp3) is 0.447. The number of amides is 1. The van der Waals surface area contributed by atoms with Gasteiger partial charge in [-0.25, -0.2) is 24.5 Å². The number of hydrogen-bond acceptors (Lipinski definition) is 8. The largest absolute Gasteiger partial charge is 0.461 e. The highest BCUT2D eigenvalue weighted by molar-refractivity contribution is 6.02. The topological polar surface area (TPSA) is 88.3 Å². The number of carbonyl (C=O) groups excluding carboxylic acids is 1. The Kier molecular flexibility index (Phi) is 8.88. The van der Waals surface area contributed by atoms with E-state index in [1.807, 2.05) is 4.90 Å². The van der Waals surface area contributed by atoms with E-state index in [9.17, 15) is 13.6 Å². The molecule has 3 atom stereocenters. The lowest BCUT2D eigenvalue weighted by atomic mass is 9.95. The summed E-state index contributed by atoms with van der Waals surface area (Å²) in [6.07, 6.45) is 7.69. The number of piperazine rings is 1. The Labute approximate surface area is 294 Å². The second-order valence-corrected chi connectivity index (χ2v) is 14.5. The molecule has 3 aliphatic rings. The van der Waals surface area contributed by atoms with E-state index in [1.165, 1.54) is 12.3 Å². The molecule has 10 nitrogen and oxygen atoms in total. The average Bonchev–Trinajstić information content (AvgIpc) is 3.62. The van der Waals surface area contributed by atoms with Crippen LogP contribution in [0.2, 0.25) is 0 Å². The van der Waals surface area contributed by atoms with Crippen molar-refractivity contribution >= 4 is 33.6 Å². The molecule has 3 fully saturated rings. The molecule has 0 saturated carbocycles. The highest BCUT2D eigenvalue weighted by Gasteiger charge is 2.49. The fourth-order valence-corrected chi connectivity index (χ4v) is 7.73. The maximum absolute atomic E-state index is 16.9.